The van der Waals surface area contributed by atoms with Crippen molar-refractivity contribution in [3.05, 3.63) is 29.5 Å². The van der Waals surface area contributed by atoms with E-state index in [0.717, 1.165) is 30.9 Å². The van der Waals surface area contributed by atoms with Gasteiger partial charge in [0.2, 0.25) is 0 Å². The van der Waals surface area contributed by atoms with E-state index in [0.29, 0.717) is 11.6 Å². The standard InChI is InChI=1S/C14H18N4O3/c1-9-6-18-7-11(3-4-12(18)15-9)16-13(19)8-20-14-5-10(2)21-17-14/h5-6,11H,3-4,7-8H2,1-2H3,(H,16,19). The number of imidazole rings is 1. The van der Waals surface area contributed by atoms with Gasteiger partial charge in [-0.2, -0.15) is 0 Å². The molecule has 1 aliphatic rings. The van der Waals surface area contributed by atoms with Crippen molar-refractivity contribution in [2.75, 3.05) is 6.61 Å². The van der Waals surface area contributed by atoms with Gasteiger partial charge in [0.1, 0.15) is 11.6 Å². The van der Waals surface area contributed by atoms with E-state index in [1.165, 1.54) is 0 Å². The SMILES string of the molecule is Cc1cn2c(n1)CCC(NC(=O)COc1cc(C)on1)C2. The van der Waals surface area contributed by atoms with Gasteiger partial charge in [0, 0.05) is 31.3 Å². The molecule has 1 unspecified atom stereocenters. The van der Waals surface area contributed by atoms with Crippen molar-refractivity contribution >= 4 is 5.91 Å². The first kappa shape index (κ1) is 13.7. The number of carbonyl (C=O) groups is 1. The highest BCUT2D eigenvalue weighted by Gasteiger charge is 2.21. The van der Waals surface area contributed by atoms with Gasteiger partial charge in [0.05, 0.1) is 5.69 Å². The lowest BCUT2D eigenvalue weighted by molar-refractivity contribution is -0.124. The Morgan fingerprint density at radius 1 is 1.57 bits per heavy atom. The maximum absolute atomic E-state index is 11.9. The zero-order valence-electron chi connectivity index (χ0n) is 12.1. The Morgan fingerprint density at radius 2 is 2.43 bits per heavy atom. The minimum atomic E-state index is -0.152. The number of carbonyl (C=O) groups excluding carboxylic acids is 1. The lowest BCUT2D eigenvalue weighted by Gasteiger charge is -2.24. The van der Waals surface area contributed by atoms with Crippen LogP contribution in [0.2, 0.25) is 0 Å². The van der Waals surface area contributed by atoms with Crippen molar-refractivity contribution in [2.24, 2.45) is 0 Å². The molecule has 7 heteroatoms. The normalized spacial score (nSPS) is 17.3. The summed E-state index contributed by atoms with van der Waals surface area (Å²) in [6.45, 7) is 4.45. The van der Waals surface area contributed by atoms with Crippen LogP contribution >= 0.6 is 0 Å². The van der Waals surface area contributed by atoms with E-state index in [9.17, 15) is 4.79 Å². The predicted octanol–water partition coefficient (Wildman–Crippen LogP) is 0.998. The van der Waals surface area contributed by atoms with Crippen molar-refractivity contribution < 1.29 is 14.1 Å². The zero-order valence-corrected chi connectivity index (χ0v) is 12.1. The monoisotopic (exact) mass is 290 g/mol. The summed E-state index contributed by atoms with van der Waals surface area (Å²) in [4.78, 5) is 16.3. The second-order valence-electron chi connectivity index (χ2n) is 5.32. The molecule has 0 saturated carbocycles. The number of hydrogen-bond acceptors (Lipinski definition) is 5. The number of nitrogens with one attached hydrogen (secondary N) is 1. The average Bonchev–Trinajstić information content (AvgIpc) is 3.01. The van der Waals surface area contributed by atoms with Gasteiger partial charge in [0.15, 0.2) is 6.61 Å². The molecular formula is C14H18N4O3. The summed E-state index contributed by atoms with van der Waals surface area (Å²) in [6, 6.07) is 1.76. The van der Waals surface area contributed by atoms with E-state index in [4.69, 9.17) is 9.26 Å². The number of fused-ring (bicyclic) bond motifs is 1. The number of hydrogen-bond donors (Lipinski definition) is 1. The van der Waals surface area contributed by atoms with E-state index < -0.39 is 0 Å². The summed E-state index contributed by atoms with van der Waals surface area (Å²) < 4.78 is 12.2. The third-order valence-corrected chi connectivity index (χ3v) is 3.44. The zero-order chi connectivity index (χ0) is 14.8. The van der Waals surface area contributed by atoms with Gasteiger partial charge >= 0.3 is 0 Å². The molecule has 0 saturated heterocycles. The van der Waals surface area contributed by atoms with Crippen LogP contribution in [-0.4, -0.2) is 33.3 Å². The Bertz CT molecular complexity index is 646. The van der Waals surface area contributed by atoms with Gasteiger partial charge < -0.3 is 19.1 Å². The predicted molar refractivity (Wildman–Crippen MR) is 74.0 cm³/mol. The number of aryl methyl sites for hydroxylation is 3. The molecule has 3 heterocycles. The molecule has 0 aromatic carbocycles. The molecule has 0 radical (unpaired) electrons. The quantitative estimate of drug-likeness (QED) is 0.908. The fourth-order valence-electron chi connectivity index (χ4n) is 2.52. The maximum Gasteiger partial charge on any atom is 0.258 e. The van der Waals surface area contributed by atoms with Gasteiger partial charge in [-0.1, -0.05) is 0 Å². The Kier molecular flexibility index (Phi) is 3.64. The molecule has 0 bridgehead atoms. The molecule has 0 fully saturated rings. The Hall–Kier alpha value is -2.31. The number of nitrogens with zero attached hydrogens (tertiary/aromatic N) is 3. The first-order chi connectivity index (χ1) is 10.1. The van der Waals surface area contributed by atoms with Crippen LogP contribution in [0.1, 0.15) is 23.7 Å². The second kappa shape index (κ2) is 5.59. The molecule has 1 amide bonds. The van der Waals surface area contributed by atoms with Crippen molar-refractivity contribution in [3.8, 4) is 5.88 Å². The van der Waals surface area contributed by atoms with E-state index in [1.807, 2.05) is 13.1 Å². The molecule has 112 valence electrons. The maximum atomic E-state index is 11.9. The fraction of sp³-hybridized carbons (Fsp3) is 0.500. The minimum absolute atomic E-state index is 0.0573. The highest BCUT2D eigenvalue weighted by Crippen LogP contribution is 2.15. The summed E-state index contributed by atoms with van der Waals surface area (Å²) in [7, 11) is 0. The van der Waals surface area contributed by atoms with E-state index in [2.05, 4.69) is 20.0 Å². The summed E-state index contributed by atoms with van der Waals surface area (Å²) in [5.74, 6) is 1.92. The summed E-state index contributed by atoms with van der Waals surface area (Å²) in [6.07, 6.45) is 3.79. The van der Waals surface area contributed by atoms with Gasteiger partial charge in [0.25, 0.3) is 11.8 Å². The molecule has 1 aliphatic heterocycles. The summed E-state index contributed by atoms with van der Waals surface area (Å²) in [5, 5.41) is 6.65. The van der Waals surface area contributed by atoms with Crippen molar-refractivity contribution in [1.82, 2.24) is 20.0 Å². The third-order valence-electron chi connectivity index (χ3n) is 3.44. The molecule has 0 spiro atoms. The second-order valence-corrected chi connectivity index (χ2v) is 5.32. The van der Waals surface area contributed by atoms with E-state index >= 15 is 0 Å². The fourth-order valence-corrected chi connectivity index (χ4v) is 2.52. The molecule has 2 aromatic heterocycles. The highest BCUT2D eigenvalue weighted by molar-refractivity contribution is 5.77. The third kappa shape index (κ3) is 3.24. The first-order valence-electron chi connectivity index (χ1n) is 6.98. The topological polar surface area (TPSA) is 82.2 Å². The van der Waals surface area contributed by atoms with Crippen LogP contribution in [0.15, 0.2) is 16.8 Å². The van der Waals surface area contributed by atoms with Crippen molar-refractivity contribution in [3.63, 3.8) is 0 Å². The molecular weight excluding hydrogens is 272 g/mol. The van der Waals surface area contributed by atoms with E-state index in [-0.39, 0.29) is 18.6 Å². The van der Waals surface area contributed by atoms with Gasteiger partial charge in [-0.05, 0) is 25.4 Å². The lowest BCUT2D eigenvalue weighted by Crippen LogP contribution is -2.42. The number of ether oxygens (including phenoxy) is 1. The van der Waals surface area contributed by atoms with Crippen LogP contribution in [0, 0.1) is 13.8 Å². The Morgan fingerprint density at radius 3 is 3.19 bits per heavy atom. The van der Waals surface area contributed by atoms with Crippen LogP contribution in [0.5, 0.6) is 5.88 Å². The Balaban J connectivity index is 1.49. The Labute approximate surface area is 122 Å². The number of amides is 1. The smallest absolute Gasteiger partial charge is 0.258 e. The van der Waals surface area contributed by atoms with Gasteiger partial charge in [-0.3, -0.25) is 4.79 Å². The number of aromatic nitrogens is 3. The van der Waals surface area contributed by atoms with Crippen molar-refractivity contribution in [1.29, 1.82) is 0 Å². The largest absolute Gasteiger partial charge is 0.465 e. The molecule has 3 rings (SSSR count). The van der Waals surface area contributed by atoms with Gasteiger partial charge in [-0.15, -0.1) is 0 Å². The van der Waals surface area contributed by atoms with Crippen LogP contribution < -0.4 is 10.1 Å². The minimum Gasteiger partial charge on any atom is -0.465 e. The molecule has 2 aromatic rings. The molecule has 7 nitrogen and oxygen atoms in total. The van der Waals surface area contributed by atoms with Crippen LogP contribution in [0.3, 0.4) is 0 Å². The average molecular weight is 290 g/mol. The molecule has 1 N–H and O–H groups in total. The molecule has 21 heavy (non-hydrogen) atoms. The molecule has 0 aliphatic carbocycles. The van der Waals surface area contributed by atoms with Crippen LogP contribution in [0.4, 0.5) is 0 Å². The van der Waals surface area contributed by atoms with Crippen molar-refractivity contribution in [2.45, 2.75) is 39.3 Å². The highest BCUT2D eigenvalue weighted by atomic mass is 16.5. The van der Waals surface area contributed by atoms with E-state index in [1.54, 1.807) is 13.0 Å². The van der Waals surface area contributed by atoms with Crippen LogP contribution in [-0.2, 0) is 17.8 Å². The van der Waals surface area contributed by atoms with Gasteiger partial charge in [-0.25, -0.2) is 4.98 Å². The summed E-state index contributed by atoms with van der Waals surface area (Å²) >= 11 is 0. The summed E-state index contributed by atoms with van der Waals surface area (Å²) in [5.41, 5.74) is 1.02. The number of rotatable bonds is 4. The first-order valence-corrected chi connectivity index (χ1v) is 6.98. The lowest BCUT2D eigenvalue weighted by atomic mass is 10.1. The van der Waals surface area contributed by atoms with Crippen LogP contribution in [0.25, 0.3) is 0 Å². The molecule has 1 atom stereocenters.